The fourth-order valence-electron chi connectivity index (χ4n) is 1.56. The first-order chi connectivity index (χ1) is 7.54. The molecule has 12 heteroatoms. The Labute approximate surface area is 112 Å². The number of nitrogens with zero attached hydrogens (tertiary/aromatic N) is 3. The van der Waals surface area contributed by atoms with E-state index in [1.807, 2.05) is 0 Å². The minimum absolute atomic E-state index is 0.823. The zero-order chi connectivity index (χ0) is 11.3. The molecule has 3 aliphatic heterocycles. The summed E-state index contributed by atoms with van der Waals surface area (Å²) in [5.74, 6) is -0.410. The van der Waals surface area contributed by atoms with Gasteiger partial charge in [0.2, 0.25) is 12.5 Å². The normalized spacial score (nSPS) is 45.4. The van der Waals surface area contributed by atoms with Crippen LogP contribution in [0.3, 0.4) is 0 Å². The molecule has 3 rings (SSSR count). The average molecular weight is 356 g/mol. The summed E-state index contributed by atoms with van der Waals surface area (Å²) in [6, 6.07) is 0. The molecule has 92 valence electrons. The molecule has 1 fully saturated rings. The van der Waals surface area contributed by atoms with Crippen LogP contribution in [-0.4, -0.2) is 24.6 Å². The highest BCUT2D eigenvalue weighted by molar-refractivity contribution is 8.64. The number of halogens is 2. The summed E-state index contributed by atoms with van der Waals surface area (Å²) in [7, 11) is 0. The number of nitrogens with one attached hydrogen (secondary N) is 2. The molecule has 16 heavy (non-hydrogen) atoms. The van der Waals surface area contributed by atoms with Crippen molar-refractivity contribution in [2.75, 3.05) is 24.6 Å². The highest BCUT2D eigenvalue weighted by Crippen LogP contribution is 2.86. The smallest absolute Gasteiger partial charge is 0.243 e. The largest absolute Gasteiger partial charge is 0.262 e. The van der Waals surface area contributed by atoms with Crippen LogP contribution in [-0.2, 0) is 0 Å². The van der Waals surface area contributed by atoms with Gasteiger partial charge in [-0.2, -0.15) is 9.03 Å². The van der Waals surface area contributed by atoms with Crippen LogP contribution in [0.4, 0.5) is 0 Å². The Morgan fingerprint density at radius 1 is 1.12 bits per heavy atom. The van der Waals surface area contributed by atoms with Gasteiger partial charge in [-0.05, 0) is 22.5 Å². The average Bonchev–Trinajstić information content (AvgIpc) is 2.73. The highest BCUT2D eigenvalue weighted by Gasteiger charge is 2.40. The zero-order valence-corrected chi connectivity index (χ0v) is 13.9. The van der Waals surface area contributed by atoms with Crippen molar-refractivity contribution in [3.8, 4) is 0 Å². The molecule has 0 aromatic heterocycles. The van der Waals surface area contributed by atoms with Crippen molar-refractivity contribution < 1.29 is 0 Å². The van der Waals surface area contributed by atoms with Crippen molar-refractivity contribution in [3.05, 3.63) is 0 Å². The molecule has 0 aromatic rings. The van der Waals surface area contributed by atoms with E-state index in [0.29, 0.717) is 0 Å². The molecule has 0 bridgehead atoms. The van der Waals surface area contributed by atoms with E-state index in [1.165, 1.54) is 0 Å². The number of rotatable bonds is 0. The maximum atomic E-state index is 6.28. The summed E-state index contributed by atoms with van der Waals surface area (Å²) >= 11 is 16.1. The lowest BCUT2D eigenvalue weighted by Gasteiger charge is -2.30. The van der Waals surface area contributed by atoms with Crippen molar-refractivity contribution in [3.63, 3.8) is 0 Å². The molecule has 5 nitrogen and oxygen atoms in total. The van der Waals surface area contributed by atoms with Crippen molar-refractivity contribution in [1.82, 2.24) is 9.95 Å². The molecule has 0 amide bonds. The predicted octanol–water partition coefficient (Wildman–Crippen LogP) is 4.99. The van der Waals surface area contributed by atoms with Gasteiger partial charge in [0.05, 0.1) is 6.54 Å². The fraction of sp³-hybridized carbons (Fsp3) is 1.00. The van der Waals surface area contributed by atoms with Gasteiger partial charge in [0.1, 0.15) is 0 Å². The first-order valence-corrected chi connectivity index (χ1v) is 14.7. The summed E-state index contributed by atoms with van der Waals surface area (Å²) in [5.41, 5.74) is 0. The lowest BCUT2D eigenvalue weighted by molar-refractivity contribution is 1.04. The third-order valence-corrected chi connectivity index (χ3v) is 19.9. The molecule has 2 N–H and O–H groups in total. The standard InChI is InChI=1S/C4H10Cl2N5P3S2/c5-12(6)9-13(7-1-3-15-13)11-14(10-12)8-2-4-16-14/h7,9H,1-4H2/t13-,14+/m1/s1. The van der Waals surface area contributed by atoms with Crippen molar-refractivity contribution >= 4 is 64.3 Å². The highest BCUT2D eigenvalue weighted by atomic mass is 35.9. The molecular formula is C4H10Cl2N5P3S2. The summed E-state index contributed by atoms with van der Waals surface area (Å²) in [5, 5.41) is 3.43. The van der Waals surface area contributed by atoms with E-state index in [9.17, 15) is 0 Å². The summed E-state index contributed by atoms with van der Waals surface area (Å²) in [4.78, 5) is 3.25. The van der Waals surface area contributed by atoms with E-state index in [1.54, 1.807) is 22.8 Å². The maximum absolute atomic E-state index is 6.28. The Kier molecular flexibility index (Phi) is 3.60. The summed E-state index contributed by atoms with van der Waals surface area (Å²) in [6.07, 6.45) is 0. The van der Waals surface area contributed by atoms with Crippen LogP contribution in [0.15, 0.2) is 13.8 Å². The second-order valence-electron chi connectivity index (χ2n) is 3.29. The molecule has 0 radical (unpaired) electrons. The Morgan fingerprint density at radius 3 is 2.62 bits per heavy atom. The van der Waals surface area contributed by atoms with E-state index in [2.05, 4.69) is 19.2 Å². The van der Waals surface area contributed by atoms with Crippen LogP contribution in [0.1, 0.15) is 0 Å². The van der Waals surface area contributed by atoms with Gasteiger partial charge in [0.25, 0.3) is 0 Å². The fourth-order valence-corrected chi connectivity index (χ4v) is 25.4. The quantitative estimate of drug-likeness (QED) is 0.601. The van der Waals surface area contributed by atoms with Crippen molar-refractivity contribution in [2.24, 2.45) is 13.8 Å². The Hall–Kier alpha value is 1.89. The second kappa shape index (κ2) is 4.47. The zero-order valence-electron chi connectivity index (χ0n) is 8.08. The van der Waals surface area contributed by atoms with Gasteiger partial charge in [-0.15, -0.1) is 0 Å². The molecule has 3 aliphatic rings. The number of hydrogen-bond donors (Lipinski definition) is 2. The van der Waals surface area contributed by atoms with Gasteiger partial charge in [0.15, 0.2) is 6.56 Å². The van der Waals surface area contributed by atoms with Crippen molar-refractivity contribution in [2.45, 2.75) is 0 Å². The molecule has 0 unspecified atom stereocenters. The molecule has 1 saturated heterocycles. The van der Waals surface area contributed by atoms with Gasteiger partial charge in [-0.25, -0.2) is 4.86 Å². The molecule has 0 aromatic carbocycles. The molecule has 2 spiro atoms. The third-order valence-electron chi connectivity index (χ3n) is 2.07. The molecule has 2 atom stereocenters. The molecule has 0 aliphatic carbocycles. The van der Waals surface area contributed by atoms with Gasteiger partial charge < -0.3 is 0 Å². The SMILES string of the molecule is ClP1(Cl)=N[P@@]2(=NCCS2)N=[P@@]2(NCCS2)N1. The number of hydrogen-bond acceptors (Lipinski definition) is 7. The van der Waals surface area contributed by atoms with Crippen LogP contribution >= 0.6 is 64.3 Å². The van der Waals surface area contributed by atoms with Crippen LogP contribution in [0, 0.1) is 0 Å². The van der Waals surface area contributed by atoms with Gasteiger partial charge in [0, 0.05) is 18.1 Å². The van der Waals surface area contributed by atoms with E-state index < -0.39 is 19.0 Å². The van der Waals surface area contributed by atoms with E-state index in [4.69, 9.17) is 27.0 Å². The van der Waals surface area contributed by atoms with Crippen molar-refractivity contribution in [1.29, 1.82) is 0 Å². The van der Waals surface area contributed by atoms with E-state index in [0.717, 1.165) is 24.6 Å². The van der Waals surface area contributed by atoms with Crippen LogP contribution in [0.5, 0.6) is 0 Å². The Balaban J connectivity index is 2.14. The molecule has 3 heterocycles. The van der Waals surface area contributed by atoms with E-state index in [-0.39, 0.29) is 0 Å². The minimum atomic E-state index is -2.44. The first-order valence-electron chi connectivity index (χ1n) is 4.62. The minimum Gasteiger partial charge on any atom is -0.262 e. The third kappa shape index (κ3) is 2.45. The van der Waals surface area contributed by atoms with Gasteiger partial charge >= 0.3 is 0 Å². The second-order valence-corrected chi connectivity index (χ2v) is 18.7. The topological polar surface area (TPSA) is 61.1 Å². The molecular weight excluding hydrogens is 346 g/mol. The Morgan fingerprint density at radius 2 is 2.00 bits per heavy atom. The van der Waals surface area contributed by atoms with E-state index >= 15 is 0 Å². The van der Waals surface area contributed by atoms with Gasteiger partial charge in [-0.3, -0.25) is 9.83 Å². The monoisotopic (exact) mass is 355 g/mol. The lowest BCUT2D eigenvalue weighted by atomic mass is 10.8. The predicted molar refractivity (Wildman–Crippen MR) is 80.7 cm³/mol. The van der Waals surface area contributed by atoms with Crippen LogP contribution in [0.25, 0.3) is 0 Å². The van der Waals surface area contributed by atoms with Gasteiger partial charge in [-0.1, -0.05) is 22.8 Å². The first kappa shape index (κ1) is 12.9. The lowest BCUT2D eigenvalue weighted by Crippen LogP contribution is -2.12. The molecule has 0 saturated carbocycles. The van der Waals surface area contributed by atoms with Crippen LogP contribution in [0.2, 0.25) is 0 Å². The maximum Gasteiger partial charge on any atom is 0.243 e. The summed E-state index contributed by atoms with van der Waals surface area (Å²) in [6.45, 7) is -2.03. The Bertz CT molecular complexity index is 476. The summed E-state index contributed by atoms with van der Waals surface area (Å²) < 4.78 is 14.0. The van der Waals surface area contributed by atoms with Crippen LogP contribution < -0.4 is 9.95 Å².